The third-order valence-electron chi connectivity index (χ3n) is 2.06. The summed E-state index contributed by atoms with van der Waals surface area (Å²) < 4.78 is 36.9. The van der Waals surface area contributed by atoms with Crippen molar-refractivity contribution < 1.29 is 18.0 Å². The summed E-state index contributed by atoms with van der Waals surface area (Å²) in [6.45, 7) is 1.72. The first-order valence-corrected chi connectivity index (χ1v) is 5.82. The van der Waals surface area contributed by atoms with Crippen molar-refractivity contribution in [1.82, 2.24) is 15.2 Å². The van der Waals surface area contributed by atoms with E-state index in [-0.39, 0.29) is 10.7 Å². The molecule has 1 N–H and O–H groups in total. The summed E-state index contributed by atoms with van der Waals surface area (Å²) in [4.78, 5) is 14.9. The third kappa shape index (κ3) is 3.25. The number of halogens is 3. The van der Waals surface area contributed by atoms with Crippen LogP contribution in [0.2, 0.25) is 0 Å². The number of nitrogens with zero attached hydrogens (tertiary/aromatic N) is 3. The van der Waals surface area contributed by atoms with Gasteiger partial charge in [0.2, 0.25) is 5.13 Å². The van der Waals surface area contributed by atoms with Gasteiger partial charge in [0, 0.05) is 6.20 Å². The number of carbonyl (C=O) groups excluding carboxylic acids is 1. The van der Waals surface area contributed by atoms with Crippen LogP contribution in [0.1, 0.15) is 21.1 Å². The molecule has 0 spiro atoms. The standard InChI is InChI=1S/C10H7F3N4OS/c1-5-16-17-9(19-5)15-8(18)6-2-3-7(14-4-6)10(11,12)13/h2-4H,1H3,(H,15,17,18). The lowest BCUT2D eigenvalue weighted by atomic mass is 10.2. The van der Waals surface area contributed by atoms with Gasteiger partial charge in [0.15, 0.2) is 0 Å². The van der Waals surface area contributed by atoms with Crippen molar-refractivity contribution in [2.24, 2.45) is 0 Å². The summed E-state index contributed by atoms with van der Waals surface area (Å²) in [5.41, 5.74) is -1.03. The monoisotopic (exact) mass is 288 g/mol. The molecule has 0 radical (unpaired) electrons. The van der Waals surface area contributed by atoms with Gasteiger partial charge in [-0.15, -0.1) is 10.2 Å². The number of hydrogen-bond acceptors (Lipinski definition) is 5. The second kappa shape index (κ2) is 4.92. The van der Waals surface area contributed by atoms with E-state index in [0.29, 0.717) is 5.01 Å². The van der Waals surface area contributed by atoms with Crippen molar-refractivity contribution in [1.29, 1.82) is 0 Å². The fourth-order valence-electron chi connectivity index (χ4n) is 1.21. The zero-order valence-electron chi connectivity index (χ0n) is 9.52. The van der Waals surface area contributed by atoms with Crippen molar-refractivity contribution in [3.8, 4) is 0 Å². The highest BCUT2D eigenvalue weighted by Crippen LogP contribution is 2.27. The molecule has 0 aromatic carbocycles. The first-order valence-electron chi connectivity index (χ1n) is 5.01. The SMILES string of the molecule is Cc1nnc(NC(=O)c2ccc(C(F)(F)F)nc2)s1. The Balaban J connectivity index is 2.12. The van der Waals surface area contributed by atoms with Crippen LogP contribution in [-0.2, 0) is 6.18 Å². The van der Waals surface area contributed by atoms with Crippen LogP contribution in [0.4, 0.5) is 18.3 Å². The summed E-state index contributed by atoms with van der Waals surface area (Å²) in [5, 5.41) is 10.7. The number of hydrogen-bond donors (Lipinski definition) is 1. The number of anilines is 1. The molecule has 0 saturated carbocycles. The van der Waals surface area contributed by atoms with E-state index in [1.165, 1.54) is 0 Å². The summed E-state index contributed by atoms with van der Waals surface area (Å²) in [6.07, 6.45) is -3.66. The highest BCUT2D eigenvalue weighted by Gasteiger charge is 2.32. The minimum absolute atomic E-state index is 0.0147. The molecule has 0 aliphatic rings. The Labute approximate surface area is 109 Å². The number of nitrogens with one attached hydrogen (secondary N) is 1. The topological polar surface area (TPSA) is 67.8 Å². The maximum Gasteiger partial charge on any atom is 0.433 e. The first-order chi connectivity index (χ1) is 8.86. The minimum Gasteiger partial charge on any atom is -0.296 e. The highest BCUT2D eigenvalue weighted by atomic mass is 32.1. The molecule has 2 rings (SSSR count). The number of pyridine rings is 1. The Morgan fingerprint density at radius 2 is 2.05 bits per heavy atom. The Kier molecular flexibility index (Phi) is 3.47. The maximum atomic E-state index is 12.3. The van der Waals surface area contributed by atoms with Gasteiger partial charge in [-0.2, -0.15) is 13.2 Å². The van der Waals surface area contributed by atoms with Gasteiger partial charge in [0.05, 0.1) is 5.56 Å². The number of rotatable bonds is 2. The lowest BCUT2D eigenvalue weighted by Crippen LogP contribution is -2.14. The molecule has 9 heteroatoms. The normalized spacial score (nSPS) is 11.4. The highest BCUT2D eigenvalue weighted by molar-refractivity contribution is 7.15. The Bertz CT molecular complexity index is 594. The Morgan fingerprint density at radius 1 is 1.32 bits per heavy atom. The number of alkyl halides is 3. The number of carbonyl (C=O) groups is 1. The van der Waals surface area contributed by atoms with Crippen LogP contribution in [0, 0.1) is 6.92 Å². The third-order valence-corrected chi connectivity index (χ3v) is 2.82. The predicted octanol–water partition coefficient (Wildman–Crippen LogP) is 2.51. The molecule has 100 valence electrons. The average molecular weight is 288 g/mol. The lowest BCUT2D eigenvalue weighted by Gasteiger charge is -2.06. The molecule has 2 aromatic heterocycles. The van der Waals surface area contributed by atoms with Crippen LogP contribution in [-0.4, -0.2) is 21.1 Å². The quantitative estimate of drug-likeness (QED) is 0.922. The van der Waals surface area contributed by atoms with E-state index in [1.54, 1.807) is 6.92 Å². The molecule has 19 heavy (non-hydrogen) atoms. The van der Waals surface area contributed by atoms with Gasteiger partial charge < -0.3 is 0 Å². The predicted molar refractivity (Wildman–Crippen MR) is 61.8 cm³/mol. The van der Waals surface area contributed by atoms with Gasteiger partial charge in [-0.1, -0.05) is 11.3 Å². The van der Waals surface area contributed by atoms with Gasteiger partial charge in [0.25, 0.3) is 5.91 Å². The fourth-order valence-corrected chi connectivity index (χ4v) is 1.80. The fraction of sp³-hybridized carbons (Fsp3) is 0.200. The van der Waals surface area contributed by atoms with Crippen LogP contribution in [0.15, 0.2) is 18.3 Å². The second-order valence-electron chi connectivity index (χ2n) is 3.51. The van der Waals surface area contributed by atoms with Gasteiger partial charge >= 0.3 is 6.18 Å². The van der Waals surface area contributed by atoms with Gasteiger partial charge in [-0.25, -0.2) is 0 Å². The minimum atomic E-state index is -4.52. The van der Waals surface area contributed by atoms with Crippen LogP contribution in [0.3, 0.4) is 0 Å². The number of aryl methyl sites for hydroxylation is 1. The Morgan fingerprint density at radius 3 is 2.53 bits per heavy atom. The van der Waals surface area contributed by atoms with Crippen LogP contribution >= 0.6 is 11.3 Å². The van der Waals surface area contributed by atoms with E-state index >= 15 is 0 Å². The molecular formula is C10H7F3N4OS. The van der Waals surface area contributed by atoms with E-state index < -0.39 is 17.8 Å². The summed E-state index contributed by atoms with van der Waals surface area (Å²) in [7, 11) is 0. The molecule has 0 saturated heterocycles. The molecule has 0 bridgehead atoms. The van der Waals surface area contributed by atoms with Crippen LogP contribution < -0.4 is 5.32 Å². The summed E-state index contributed by atoms with van der Waals surface area (Å²) in [5.74, 6) is -0.586. The average Bonchev–Trinajstić information content (AvgIpc) is 2.74. The molecule has 0 unspecified atom stereocenters. The smallest absolute Gasteiger partial charge is 0.296 e. The van der Waals surface area contributed by atoms with Crippen molar-refractivity contribution in [3.63, 3.8) is 0 Å². The molecule has 0 aliphatic heterocycles. The Hall–Kier alpha value is -2.03. The molecule has 0 atom stereocenters. The second-order valence-corrected chi connectivity index (χ2v) is 4.69. The zero-order valence-corrected chi connectivity index (χ0v) is 10.3. The van der Waals surface area contributed by atoms with Crippen molar-refractivity contribution in [2.75, 3.05) is 5.32 Å². The number of aromatic nitrogens is 3. The van der Waals surface area contributed by atoms with Crippen molar-refractivity contribution >= 4 is 22.4 Å². The molecule has 2 aromatic rings. The maximum absolute atomic E-state index is 12.3. The molecule has 1 amide bonds. The number of amides is 1. The molecule has 5 nitrogen and oxygen atoms in total. The molecule has 0 aliphatic carbocycles. The van der Waals surface area contributed by atoms with Crippen molar-refractivity contribution in [2.45, 2.75) is 13.1 Å². The lowest BCUT2D eigenvalue weighted by molar-refractivity contribution is -0.141. The largest absolute Gasteiger partial charge is 0.433 e. The first kappa shape index (κ1) is 13.4. The molecule has 2 heterocycles. The van der Waals surface area contributed by atoms with E-state index in [0.717, 1.165) is 29.7 Å². The summed E-state index contributed by atoms with van der Waals surface area (Å²) >= 11 is 1.16. The van der Waals surface area contributed by atoms with E-state index in [9.17, 15) is 18.0 Å². The van der Waals surface area contributed by atoms with E-state index in [2.05, 4.69) is 20.5 Å². The zero-order chi connectivity index (χ0) is 14.0. The van der Waals surface area contributed by atoms with Crippen molar-refractivity contribution in [3.05, 3.63) is 34.6 Å². The van der Waals surface area contributed by atoms with Crippen LogP contribution in [0.25, 0.3) is 0 Å². The van der Waals surface area contributed by atoms with Gasteiger partial charge in [0.1, 0.15) is 10.7 Å². The molecule has 0 fully saturated rings. The van der Waals surface area contributed by atoms with E-state index in [4.69, 9.17) is 0 Å². The van der Waals surface area contributed by atoms with Gasteiger partial charge in [-0.3, -0.25) is 15.1 Å². The van der Waals surface area contributed by atoms with E-state index in [1.807, 2.05) is 0 Å². The van der Waals surface area contributed by atoms with Crippen LogP contribution in [0.5, 0.6) is 0 Å². The van der Waals surface area contributed by atoms with Gasteiger partial charge in [-0.05, 0) is 19.1 Å². The summed E-state index contributed by atoms with van der Waals surface area (Å²) in [6, 6.07) is 1.80. The molecular weight excluding hydrogens is 281 g/mol.